The van der Waals surface area contributed by atoms with E-state index >= 15 is 0 Å². The zero-order chi connectivity index (χ0) is 14.3. The van der Waals surface area contributed by atoms with E-state index in [-0.39, 0.29) is 24.8 Å². The van der Waals surface area contributed by atoms with Crippen LogP contribution >= 0.6 is 0 Å². The van der Waals surface area contributed by atoms with Crippen molar-refractivity contribution in [1.29, 1.82) is 0 Å². The molecule has 0 aromatic carbocycles. The Morgan fingerprint density at radius 3 is 2.37 bits per heavy atom. The fourth-order valence-corrected chi connectivity index (χ4v) is 2.08. The Hall–Kier alpha value is -1.63. The standard InChI is InChI=1S/C12H20N2O5/c15-7-9(12(18)19)14-10(16)5-6-13-11(17)8-3-1-2-4-8/h8-9,15H,1-7H2,(H,13,17)(H,14,16)(H,18,19). The van der Waals surface area contributed by atoms with Gasteiger partial charge in [0.2, 0.25) is 11.8 Å². The summed E-state index contributed by atoms with van der Waals surface area (Å²) in [5.74, 6) is -1.78. The summed E-state index contributed by atoms with van der Waals surface area (Å²) in [5, 5.41) is 22.2. The summed E-state index contributed by atoms with van der Waals surface area (Å²) in [5.41, 5.74) is 0. The number of carboxylic acid groups (broad SMARTS) is 1. The number of aliphatic hydroxyl groups excluding tert-OH is 1. The molecule has 1 atom stereocenters. The lowest BCUT2D eigenvalue weighted by atomic mass is 10.1. The molecule has 1 unspecified atom stereocenters. The quantitative estimate of drug-likeness (QED) is 0.486. The van der Waals surface area contributed by atoms with Crippen molar-refractivity contribution in [3.63, 3.8) is 0 Å². The Bertz CT molecular complexity index is 339. The van der Waals surface area contributed by atoms with Gasteiger partial charge in [-0.05, 0) is 12.8 Å². The molecule has 19 heavy (non-hydrogen) atoms. The maximum absolute atomic E-state index is 11.6. The minimum Gasteiger partial charge on any atom is -0.480 e. The molecule has 0 spiro atoms. The van der Waals surface area contributed by atoms with Crippen molar-refractivity contribution in [1.82, 2.24) is 10.6 Å². The van der Waals surface area contributed by atoms with Gasteiger partial charge in [0.1, 0.15) is 6.04 Å². The fraction of sp³-hybridized carbons (Fsp3) is 0.750. The first-order valence-corrected chi connectivity index (χ1v) is 6.45. The number of carboxylic acids is 1. The van der Waals surface area contributed by atoms with Crippen molar-refractivity contribution >= 4 is 17.8 Å². The van der Waals surface area contributed by atoms with Gasteiger partial charge in [0, 0.05) is 18.9 Å². The zero-order valence-electron chi connectivity index (χ0n) is 10.7. The van der Waals surface area contributed by atoms with Gasteiger partial charge in [0.15, 0.2) is 0 Å². The third kappa shape index (κ3) is 5.25. The van der Waals surface area contributed by atoms with Gasteiger partial charge in [0.25, 0.3) is 0 Å². The Labute approximate surface area is 111 Å². The Morgan fingerprint density at radius 2 is 1.84 bits per heavy atom. The smallest absolute Gasteiger partial charge is 0.328 e. The largest absolute Gasteiger partial charge is 0.480 e. The SMILES string of the molecule is O=C(CCNC(=O)C1CCCC1)NC(CO)C(=O)O. The number of hydrogen-bond donors (Lipinski definition) is 4. The van der Waals surface area contributed by atoms with E-state index in [1.54, 1.807) is 0 Å². The molecule has 1 rings (SSSR count). The van der Waals surface area contributed by atoms with Crippen molar-refractivity contribution in [3.05, 3.63) is 0 Å². The summed E-state index contributed by atoms with van der Waals surface area (Å²) >= 11 is 0. The molecule has 7 nitrogen and oxygen atoms in total. The summed E-state index contributed by atoms with van der Waals surface area (Å²) in [6, 6.07) is -1.29. The van der Waals surface area contributed by atoms with Crippen molar-refractivity contribution in [3.8, 4) is 0 Å². The average molecular weight is 272 g/mol. The summed E-state index contributed by atoms with van der Waals surface area (Å²) in [6.45, 7) is -0.478. The van der Waals surface area contributed by atoms with Gasteiger partial charge in [-0.25, -0.2) is 4.79 Å². The molecule has 0 aromatic heterocycles. The maximum Gasteiger partial charge on any atom is 0.328 e. The third-order valence-corrected chi connectivity index (χ3v) is 3.19. The first-order valence-electron chi connectivity index (χ1n) is 6.45. The van der Waals surface area contributed by atoms with Crippen molar-refractivity contribution < 1.29 is 24.6 Å². The van der Waals surface area contributed by atoms with E-state index in [4.69, 9.17) is 10.2 Å². The molecule has 7 heteroatoms. The van der Waals surface area contributed by atoms with E-state index in [0.29, 0.717) is 0 Å². The van der Waals surface area contributed by atoms with E-state index in [1.807, 2.05) is 0 Å². The molecule has 108 valence electrons. The second-order valence-corrected chi connectivity index (χ2v) is 4.66. The van der Waals surface area contributed by atoms with Gasteiger partial charge in [-0.3, -0.25) is 9.59 Å². The monoisotopic (exact) mass is 272 g/mol. The molecular weight excluding hydrogens is 252 g/mol. The molecule has 0 bridgehead atoms. The van der Waals surface area contributed by atoms with E-state index in [9.17, 15) is 14.4 Å². The predicted octanol–water partition coefficient (Wildman–Crippen LogP) is -0.755. The highest BCUT2D eigenvalue weighted by Gasteiger charge is 2.22. The van der Waals surface area contributed by atoms with Crippen LogP contribution in [0.4, 0.5) is 0 Å². The van der Waals surface area contributed by atoms with E-state index in [2.05, 4.69) is 10.6 Å². The van der Waals surface area contributed by atoms with Crippen LogP contribution in [-0.2, 0) is 14.4 Å². The highest BCUT2D eigenvalue weighted by molar-refractivity contribution is 5.84. The van der Waals surface area contributed by atoms with Crippen LogP contribution < -0.4 is 10.6 Å². The number of rotatable bonds is 7. The van der Waals surface area contributed by atoms with Crippen LogP contribution in [-0.4, -0.2) is 47.2 Å². The van der Waals surface area contributed by atoms with Crippen LogP contribution in [0, 0.1) is 5.92 Å². The van der Waals surface area contributed by atoms with Crippen LogP contribution in [0.2, 0.25) is 0 Å². The topological polar surface area (TPSA) is 116 Å². The Balaban J connectivity index is 2.19. The van der Waals surface area contributed by atoms with E-state index in [0.717, 1.165) is 25.7 Å². The lowest BCUT2D eigenvalue weighted by molar-refractivity contribution is -0.143. The number of aliphatic hydroxyl groups is 1. The minimum atomic E-state index is -1.29. The number of hydrogen-bond acceptors (Lipinski definition) is 4. The van der Waals surface area contributed by atoms with Crippen molar-refractivity contribution in [2.45, 2.75) is 38.1 Å². The summed E-state index contributed by atoms with van der Waals surface area (Å²) in [7, 11) is 0. The first-order chi connectivity index (χ1) is 9.04. The van der Waals surface area contributed by atoms with Gasteiger partial charge in [-0.15, -0.1) is 0 Å². The summed E-state index contributed by atoms with van der Waals surface area (Å²) in [6.07, 6.45) is 3.92. The third-order valence-electron chi connectivity index (χ3n) is 3.19. The van der Waals surface area contributed by atoms with Crippen LogP contribution in [0.1, 0.15) is 32.1 Å². The molecule has 4 N–H and O–H groups in total. The predicted molar refractivity (Wildman–Crippen MR) is 66.2 cm³/mol. The molecule has 0 heterocycles. The zero-order valence-corrected chi connectivity index (χ0v) is 10.7. The molecule has 0 aliphatic heterocycles. The van der Waals surface area contributed by atoms with Crippen molar-refractivity contribution in [2.24, 2.45) is 5.92 Å². The fourth-order valence-electron chi connectivity index (χ4n) is 2.08. The number of carbonyl (C=O) groups excluding carboxylic acids is 2. The first kappa shape index (κ1) is 15.4. The second kappa shape index (κ2) is 7.73. The Morgan fingerprint density at radius 1 is 1.21 bits per heavy atom. The lowest BCUT2D eigenvalue weighted by Gasteiger charge is -2.13. The normalized spacial score (nSPS) is 16.9. The number of amides is 2. The molecule has 2 amide bonds. The number of carbonyl (C=O) groups is 3. The van der Waals surface area contributed by atoms with E-state index < -0.39 is 24.5 Å². The van der Waals surface area contributed by atoms with Crippen LogP contribution in [0.5, 0.6) is 0 Å². The molecular formula is C12H20N2O5. The van der Waals surface area contributed by atoms with Crippen LogP contribution in [0.3, 0.4) is 0 Å². The minimum absolute atomic E-state index is 0.00222. The Kier molecular flexibility index (Phi) is 6.27. The average Bonchev–Trinajstić information content (AvgIpc) is 2.89. The van der Waals surface area contributed by atoms with Crippen molar-refractivity contribution in [2.75, 3.05) is 13.2 Å². The van der Waals surface area contributed by atoms with Gasteiger partial charge < -0.3 is 20.8 Å². The molecule has 1 aliphatic carbocycles. The van der Waals surface area contributed by atoms with Gasteiger partial charge in [-0.2, -0.15) is 0 Å². The van der Waals surface area contributed by atoms with Crippen LogP contribution in [0.25, 0.3) is 0 Å². The molecule has 0 saturated heterocycles. The van der Waals surface area contributed by atoms with Crippen LogP contribution in [0.15, 0.2) is 0 Å². The second-order valence-electron chi connectivity index (χ2n) is 4.66. The number of nitrogens with one attached hydrogen (secondary N) is 2. The summed E-state index contributed by atoms with van der Waals surface area (Å²) < 4.78 is 0. The lowest BCUT2D eigenvalue weighted by Crippen LogP contribution is -2.44. The van der Waals surface area contributed by atoms with Gasteiger partial charge in [-0.1, -0.05) is 12.8 Å². The molecule has 0 aromatic rings. The van der Waals surface area contributed by atoms with Gasteiger partial charge >= 0.3 is 5.97 Å². The highest BCUT2D eigenvalue weighted by Crippen LogP contribution is 2.24. The summed E-state index contributed by atoms with van der Waals surface area (Å²) in [4.78, 5) is 33.6. The molecule has 1 saturated carbocycles. The molecule has 0 radical (unpaired) electrons. The highest BCUT2D eigenvalue weighted by atomic mass is 16.4. The van der Waals surface area contributed by atoms with E-state index in [1.165, 1.54) is 0 Å². The van der Waals surface area contributed by atoms with Gasteiger partial charge in [0.05, 0.1) is 6.61 Å². The molecule has 1 aliphatic rings. The maximum atomic E-state index is 11.6. The molecule has 1 fully saturated rings. The number of aliphatic carboxylic acids is 1.